The molecular formula is C21H40O3. The molecule has 142 valence electrons. The molecule has 0 aromatic carbocycles. The largest absolute Gasteiger partial charge is 0.469 e. The second-order valence-electron chi connectivity index (χ2n) is 6.96. The lowest BCUT2D eigenvalue weighted by molar-refractivity contribution is -0.140. The lowest BCUT2D eigenvalue weighted by Crippen LogP contribution is -1.99. The molecule has 0 atom stereocenters. The first-order valence-corrected chi connectivity index (χ1v) is 10.3. The maximum absolute atomic E-state index is 11.6. The van der Waals surface area contributed by atoms with Crippen LogP contribution < -0.4 is 0 Å². The average Bonchev–Trinajstić information content (AvgIpc) is 2.58. The number of carbonyl (C=O) groups excluding carboxylic acids is 2. The highest BCUT2D eigenvalue weighted by Gasteiger charge is 2.01. The molecule has 0 aliphatic heterocycles. The van der Waals surface area contributed by atoms with Gasteiger partial charge in [-0.3, -0.25) is 9.59 Å². The van der Waals surface area contributed by atoms with Crippen LogP contribution in [-0.4, -0.2) is 18.9 Å². The molecule has 0 aromatic heterocycles. The summed E-state index contributed by atoms with van der Waals surface area (Å²) in [5.74, 6) is 0.383. The Hall–Kier alpha value is -0.860. The first kappa shape index (κ1) is 23.1. The fourth-order valence-electron chi connectivity index (χ4n) is 2.98. The van der Waals surface area contributed by atoms with E-state index in [2.05, 4.69) is 11.7 Å². The second-order valence-corrected chi connectivity index (χ2v) is 6.96. The predicted octanol–water partition coefficient (Wildman–Crippen LogP) is 6.38. The predicted molar refractivity (Wildman–Crippen MR) is 101 cm³/mol. The molecule has 0 aliphatic rings. The monoisotopic (exact) mass is 340 g/mol. The molecule has 0 aromatic rings. The molecule has 3 nitrogen and oxygen atoms in total. The quantitative estimate of drug-likeness (QED) is 0.215. The van der Waals surface area contributed by atoms with Crippen molar-refractivity contribution < 1.29 is 14.3 Å². The molecule has 0 unspecified atom stereocenters. The van der Waals surface area contributed by atoms with E-state index >= 15 is 0 Å². The Morgan fingerprint density at radius 2 is 0.958 bits per heavy atom. The highest BCUT2D eigenvalue weighted by atomic mass is 16.5. The minimum absolute atomic E-state index is 0.0855. The number of ether oxygens (including phenoxy) is 1. The van der Waals surface area contributed by atoms with E-state index in [0.717, 1.165) is 38.5 Å². The second kappa shape index (κ2) is 18.5. The molecule has 0 bridgehead atoms. The van der Waals surface area contributed by atoms with Crippen molar-refractivity contribution in [3.63, 3.8) is 0 Å². The van der Waals surface area contributed by atoms with E-state index < -0.39 is 0 Å². The molecule has 3 heteroatoms. The highest BCUT2D eigenvalue weighted by molar-refractivity contribution is 5.78. The van der Waals surface area contributed by atoms with E-state index in [-0.39, 0.29) is 5.97 Å². The molecule has 0 amide bonds. The Morgan fingerprint density at radius 1 is 0.583 bits per heavy atom. The number of carbonyl (C=O) groups is 2. The van der Waals surface area contributed by atoms with Crippen LogP contribution >= 0.6 is 0 Å². The third-order valence-electron chi connectivity index (χ3n) is 4.62. The molecule has 0 fully saturated rings. The number of esters is 1. The molecule has 0 spiro atoms. The Bertz CT molecular complexity index is 299. The van der Waals surface area contributed by atoms with Gasteiger partial charge in [-0.15, -0.1) is 0 Å². The smallest absolute Gasteiger partial charge is 0.305 e. The van der Waals surface area contributed by atoms with Crippen molar-refractivity contribution in [3.05, 3.63) is 0 Å². The molecule has 0 saturated carbocycles. The third kappa shape index (κ3) is 17.5. The molecule has 0 rings (SSSR count). The van der Waals surface area contributed by atoms with Crippen LogP contribution in [0.4, 0.5) is 0 Å². The van der Waals surface area contributed by atoms with E-state index in [1.807, 2.05) is 0 Å². The van der Waals surface area contributed by atoms with E-state index in [1.165, 1.54) is 71.3 Å². The number of hydrogen-bond donors (Lipinski definition) is 0. The van der Waals surface area contributed by atoms with Crippen molar-refractivity contribution in [2.75, 3.05) is 7.11 Å². The van der Waals surface area contributed by atoms with Gasteiger partial charge in [0.1, 0.15) is 5.78 Å². The van der Waals surface area contributed by atoms with Gasteiger partial charge in [0, 0.05) is 19.3 Å². The molecule has 0 heterocycles. The first-order chi connectivity index (χ1) is 11.7. The Kier molecular flexibility index (Phi) is 17.8. The first-order valence-electron chi connectivity index (χ1n) is 10.3. The van der Waals surface area contributed by atoms with Crippen LogP contribution in [0.3, 0.4) is 0 Å². The number of hydrogen-bond acceptors (Lipinski definition) is 3. The summed E-state index contributed by atoms with van der Waals surface area (Å²) in [6.45, 7) is 2.18. The van der Waals surface area contributed by atoms with Crippen molar-refractivity contribution >= 4 is 11.8 Å². The SMILES string of the molecule is CCCCCC(=O)CCCCCCCCCCCCCC(=O)OC. The van der Waals surface area contributed by atoms with Crippen molar-refractivity contribution in [2.45, 2.75) is 116 Å². The van der Waals surface area contributed by atoms with Gasteiger partial charge in [0.05, 0.1) is 7.11 Å². The van der Waals surface area contributed by atoms with Crippen molar-refractivity contribution in [1.29, 1.82) is 0 Å². The zero-order chi connectivity index (χ0) is 17.9. The summed E-state index contributed by atoms with van der Waals surface area (Å²) in [7, 11) is 1.45. The number of methoxy groups -OCH3 is 1. The third-order valence-corrected chi connectivity index (χ3v) is 4.62. The molecular weight excluding hydrogens is 300 g/mol. The Labute approximate surface area is 149 Å². The van der Waals surface area contributed by atoms with Gasteiger partial charge >= 0.3 is 5.97 Å². The molecule has 0 radical (unpaired) electrons. The van der Waals surface area contributed by atoms with Gasteiger partial charge in [-0.05, 0) is 19.3 Å². The van der Waals surface area contributed by atoms with Crippen LogP contribution in [0, 0.1) is 0 Å². The molecule has 0 N–H and O–H groups in total. The van der Waals surface area contributed by atoms with Crippen LogP contribution in [0.5, 0.6) is 0 Å². The zero-order valence-corrected chi connectivity index (χ0v) is 16.2. The summed E-state index contributed by atoms with van der Waals surface area (Å²) in [6, 6.07) is 0. The van der Waals surface area contributed by atoms with E-state index in [0.29, 0.717) is 12.2 Å². The lowest BCUT2D eigenvalue weighted by atomic mass is 10.0. The number of unbranched alkanes of at least 4 members (excludes halogenated alkanes) is 12. The van der Waals surface area contributed by atoms with E-state index in [1.54, 1.807) is 0 Å². The molecule has 24 heavy (non-hydrogen) atoms. The van der Waals surface area contributed by atoms with Crippen LogP contribution in [0.1, 0.15) is 116 Å². The fraction of sp³-hybridized carbons (Fsp3) is 0.905. The van der Waals surface area contributed by atoms with Gasteiger partial charge in [0.15, 0.2) is 0 Å². The zero-order valence-electron chi connectivity index (χ0n) is 16.2. The van der Waals surface area contributed by atoms with Crippen LogP contribution in [-0.2, 0) is 14.3 Å². The van der Waals surface area contributed by atoms with Crippen LogP contribution in [0.2, 0.25) is 0 Å². The topological polar surface area (TPSA) is 43.4 Å². The Balaban J connectivity index is 3.12. The number of Topliss-reactive ketones (excluding diaryl/α,β-unsaturated/α-hetero) is 1. The van der Waals surface area contributed by atoms with Crippen LogP contribution in [0.25, 0.3) is 0 Å². The maximum atomic E-state index is 11.6. The van der Waals surface area contributed by atoms with Gasteiger partial charge in [0.25, 0.3) is 0 Å². The molecule has 0 aliphatic carbocycles. The summed E-state index contributed by atoms with van der Waals surface area (Å²) in [5.41, 5.74) is 0. The van der Waals surface area contributed by atoms with E-state index in [4.69, 9.17) is 0 Å². The van der Waals surface area contributed by atoms with Crippen LogP contribution in [0.15, 0.2) is 0 Å². The standard InChI is InChI=1S/C21H40O3/c1-3-4-14-17-20(22)18-15-12-10-8-6-5-7-9-11-13-16-19-21(23)24-2/h3-19H2,1-2H3. The minimum Gasteiger partial charge on any atom is -0.469 e. The van der Waals surface area contributed by atoms with Gasteiger partial charge < -0.3 is 4.74 Å². The normalized spacial score (nSPS) is 10.8. The average molecular weight is 341 g/mol. The summed E-state index contributed by atoms with van der Waals surface area (Å²) < 4.78 is 4.63. The summed E-state index contributed by atoms with van der Waals surface area (Å²) >= 11 is 0. The van der Waals surface area contributed by atoms with Gasteiger partial charge in [-0.25, -0.2) is 0 Å². The summed E-state index contributed by atoms with van der Waals surface area (Å²) in [4.78, 5) is 22.6. The highest BCUT2D eigenvalue weighted by Crippen LogP contribution is 2.13. The lowest BCUT2D eigenvalue weighted by Gasteiger charge is -2.03. The van der Waals surface area contributed by atoms with E-state index in [9.17, 15) is 9.59 Å². The fourth-order valence-corrected chi connectivity index (χ4v) is 2.98. The van der Waals surface area contributed by atoms with Crippen molar-refractivity contribution in [3.8, 4) is 0 Å². The number of ketones is 1. The number of rotatable bonds is 18. The van der Waals surface area contributed by atoms with Crippen molar-refractivity contribution in [2.24, 2.45) is 0 Å². The van der Waals surface area contributed by atoms with Gasteiger partial charge in [0.2, 0.25) is 0 Å². The van der Waals surface area contributed by atoms with Gasteiger partial charge in [-0.1, -0.05) is 77.6 Å². The summed E-state index contributed by atoms with van der Waals surface area (Å²) in [5, 5.41) is 0. The van der Waals surface area contributed by atoms with Gasteiger partial charge in [-0.2, -0.15) is 0 Å². The maximum Gasteiger partial charge on any atom is 0.305 e. The van der Waals surface area contributed by atoms with Crippen molar-refractivity contribution in [1.82, 2.24) is 0 Å². The minimum atomic E-state index is -0.0855. The Morgan fingerprint density at radius 3 is 1.38 bits per heavy atom. The molecule has 0 saturated heterocycles. The summed E-state index contributed by atoms with van der Waals surface area (Å²) in [6.07, 6.45) is 19.1.